The molecule has 0 aliphatic heterocycles. The molecule has 23 heavy (non-hydrogen) atoms. The van der Waals surface area contributed by atoms with Crippen molar-refractivity contribution >= 4 is 27.2 Å². The average Bonchev–Trinajstić information content (AvgIpc) is 2.89. The summed E-state index contributed by atoms with van der Waals surface area (Å²) in [5.41, 5.74) is 1.68. The standard InChI is InChI=1S/C16H14N2O3S2/c1-12-7-9-13(10-8-12)18-15(11-22-16(18)19)17-23(20,21)14-5-3-2-4-6-14/h2-11,17H,1H3. The molecule has 5 nitrogen and oxygen atoms in total. The lowest BCUT2D eigenvalue weighted by Crippen LogP contribution is -2.19. The van der Waals surface area contributed by atoms with Crippen LogP contribution in [-0.2, 0) is 10.0 Å². The highest BCUT2D eigenvalue weighted by Crippen LogP contribution is 2.20. The fraction of sp³-hybridized carbons (Fsp3) is 0.0625. The van der Waals surface area contributed by atoms with Gasteiger partial charge in [-0.25, -0.2) is 8.42 Å². The first-order valence-electron chi connectivity index (χ1n) is 6.83. The van der Waals surface area contributed by atoms with Crippen molar-refractivity contribution in [2.75, 3.05) is 4.72 Å². The number of hydrogen-bond donors (Lipinski definition) is 1. The number of hydrogen-bond acceptors (Lipinski definition) is 4. The van der Waals surface area contributed by atoms with Crippen LogP contribution in [0.2, 0.25) is 0 Å². The van der Waals surface area contributed by atoms with Gasteiger partial charge in [0.05, 0.1) is 10.6 Å². The molecular weight excluding hydrogens is 332 g/mol. The van der Waals surface area contributed by atoms with Gasteiger partial charge in [-0.05, 0) is 31.2 Å². The molecule has 0 amide bonds. The molecule has 0 saturated heterocycles. The zero-order valence-electron chi connectivity index (χ0n) is 12.3. The van der Waals surface area contributed by atoms with E-state index >= 15 is 0 Å². The van der Waals surface area contributed by atoms with Gasteiger partial charge in [0, 0.05) is 5.38 Å². The smallest absolute Gasteiger partial charge is 0.264 e. The molecule has 0 unspecified atom stereocenters. The lowest BCUT2D eigenvalue weighted by molar-refractivity contribution is 0.601. The molecule has 0 atom stereocenters. The van der Waals surface area contributed by atoms with E-state index in [1.165, 1.54) is 22.1 Å². The van der Waals surface area contributed by atoms with E-state index in [1.54, 1.807) is 30.3 Å². The Morgan fingerprint density at radius 3 is 2.30 bits per heavy atom. The van der Waals surface area contributed by atoms with Crippen molar-refractivity contribution in [3.8, 4) is 5.69 Å². The Kier molecular flexibility index (Phi) is 4.06. The minimum Gasteiger partial charge on any atom is -0.264 e. The number of aryl methyl sites for hydroxylation is 1. The largest absolute Gasteiger partial charge is 0.313 e. The van der Waals surface area contributed by atoms with Gasteiger partial charge >= 0.3 is 4.87 Å². The molecule has 7 heteroatoms. The molecule has 1 heterocycles. The summed E-state index contributed by atoms with van der Waals surface area (Å²) >= 11 is 0.946. The summed E-state index contributed by atoms with van der Waals surface area (Å²) in [5, 5.41) is 1.50. The summed E-state index contributed by atoms with van der Waals surface area (Å²) in [6.45, 7) is 1.94. The summed E-state index contributed by atoms with van der Waals surface area (Å²) in [7, 11) is -3.74. The predicted molar refractivity (Wildman–Crippen MR) is 91.9 cm³/mol. The van der Waals surface area contributed by atoms with Gasteiger partial charge in [0.25, 0.3) is 10.0 Å². The summed E-state index contributed by atoms with van der Waals surface area (Å²) in [6, 6.07) is 15.3. The topological polar surface area (TPSA) is 68.2 Å². The third-order valence-electron chi connectivity index (χ3n) is 3.28. The van der Waals surface area contributed by atoms with E-state index in [-0.39, 0.29) is 15.6 Å². The van der Waals surface area contributed by atoms with Crippen LogP contribution in [-0.4, -0.2) is 13.0 Å². The second kappa shape index (κ2) is 6.02. The highest BCUT2D eigenvalue weighted by Gasteiger charge is 2.18. The predicted octanol–water partition coefficient (Wildman–Crippen LogP) is 3.01. The average molecular weight is 346 g/mol. The molecule has 3 rings (SSSR count). The number of nitrogens with zero attached hydrogens (tertiary/aromatic N) is 1. The van der Waals surface area contributed by atoms with Crippen molar-refractivity contribution in [3.05, 3.63) is 75.2 Å². The second-order valence-corrected chi connectivity index (χ2v) is 7.48. The Morgan fingerprint density at radius 2 is 1.65 bits per heavy atom. The Labute approximate surface area is 137 Å². The Bertz CT molecular complexity index is 972. The van der Waals surface area contributed by atoms with Gasteiger partial charge in [0.15, 0.2) is 0 Å². The molecule has 0 aliphatic carbocycles. The maximum absolute atomic E-state index is 12.4. The minimum absolute atomic E-state index is 0.147. The number of rotatable bonds is 4. The minimum atomic E-state index is -3.74. The van der Waals surface area contributed by atoms with Crippen LogP contribution in [0.5, 0.6) is 0 Å². The van der Waals surface area contributed by atoms with Crippen molar-refractivity contribution in [2.24, 2.45) is 0 Å². The highest BCUT2D eigenvalue weighted by molar-refractivity contribution is 7.92. The van der Waals surface area contributed by atoms with E-state index in [9.17, 15) is 13.2 Å². The number of nitrogens with one attached hydrogen (secondary N) is 1. The molecule has 0 saturated carbocycles. The first-order valence-corrected chi connectivity index (χ1v) is 9.19. The maximum atomic E-state index is 12.4. The Hall–Kier alpha value is -2.38. The normalized spacial score (nSPS) is 11.3. The van der Waals surface area contributed by atoms with Crippen molar-refractivity contribution in [1.82, 2.24) is 4.57 Å². The summed E-state index contributed by atoms with van der Waals surface area (Å²) < 4.78 is 28.7. The quantitative estimate of drug-likeness (QED) is 0.789. The van der Waals surface area contributed by atoms with Crippen LogP contribution in [0.4, 0.5) is 5.82 Å². The number of sulfonamides is 1. The molecule has 118 valence electrons. The van der Waals surface area contributed by atoms with Crippen LogP contribution in [0.25, 0.3) is 5.69 Å². The molecule has 0 radical (unpaired) electrons. The van der Waals surface area contributed by atoms with Crippen LogP contribution < -0.4 is 9.60 Å². The van der Waals surface area contributed by atoms with Gasteiger partial charge in [-0.3, -0.25) is 14.1 Å². The van der Waals surface area contributed by atoms with E-state index in [0.717, 1.165) is 16.9 Å². The fourth-order valence-corrected chi connectivity index (χ4v) is 3.93. The third-order valence-corrected chi connectivity index (χ3v) is 5.38. The van der Waals surface area contributed by atoms with E-state index < -0.39 is 10.0 Å². The molecule has 0 spiro atoms. The van der Waals surface area contributed by atoms with Crippen molar-refractivity contribution in [1.29, 1.82) is 0 Å². The second-order valence-electron chi connectivity index (χ2n) is 4.98. The number of benzene rings is 2. The first-order chi connectivity index (χ1) is 11.0. The SMILES string of the molecule is Cc1ccc(-n2c(NS(=O)(=O)c3ccccc3)csc2=O)cc1. The monoisotopic (exact) mass is 346 g/mol. The van der Waals surface area contributed by atoms with Gasteiger partial charge in [-0.15, -0.1) is 0 Å². The van der Waals surface area contributed by atoms with E-state index in [1.807, 2.05) is 19.1 Å². The first kappa shape index (κ1) is 15.5. The van der Waals surface area contributed by atoms with Crippen LogP contribution >= 0.6 is 11.3 Å². The van der Waals surface area contributed by atoms with Crippen molar-refractivity contribution in [2.45, 2.75) is 11.8 Å². The summed E-state index contributed by atoms with van der Waals surface area (Å²) in [5.74, 6) is 0.229. The molecule has 1 N–H and O–H groups in total. The van der Waals surface area contributed by atoms with Gasteiger partial charge in [-0.2, -0.15) is 0 Å². The third kappa shape index (κ3) is 3.20. The molecule has 0 aliphatic rings. The molecule has 3 aromatic rings. The number of thiazole rings is 1. The van der Waals surface area contributed by atoms with Crippen molar-refractivity contribution in [3.63, 3.8) is 0 Å². The summed E-state index contributed by atoms with van der Waals surface area (Å²) in [4.78, 5) is 12.0. The van der Waals surface area contributed by atoms with Gasteiger partial charge in [0.2, 0.25) is 0 Å². The van der Waals surface area contributed by atoms with Crippen molar-refractivity contribution < 1.29 is 8.42 Å². The van der Waals surface area contributed by atoms with E-state index in [0.29, 0.717) is 5.69 Å². The van der Waals surface area contributed by atoms with Crippen LogP contribution in [0.1, 0.15) is 5.56 Å². The van der Waals surface area contributed by atoms with Gasteiger partial charge in [-0.1, -0.05) is 47.2 Å². The molecule has 1 aromatic heterocycles. The van der Waals surface area contributed by atoms with Crippen LogP contribution in [0.15, 0.2) is 69.7 Å². The van der Waals surface area contributed by atoms with Gasteiger partial charge in [0.1, 0.15) is 5.82 Å². The Morgan fingerprint density at radius 1 is 1.00 bits per heavy atom. The molecular formula is C16H14N2O3S2. The molecule has 0 bridgehead atoms. The van der Waals surface area contributed by atoms with Crippen LogP contribution in [0, 0.1) is 6.92 Å². The molecule has 0 fully saturated rings. The van der Waals surface area contributed by atoms with E-state index in [4.69, 9.17) is 0 Å². The maximum Gasteiger partial charge on any atom is 0.313 e. The number of anilines is 1. The zero-order chi connectivity index (χ0) is 16.4. The Balaban J connectivity index is 2.03. The van der Waals surface area contributed by atoms with E-state index in [2.05, 4.69) is 4.72 Å². The zero-order valence-corrected chi connectivity index (χ0v) is 13.9. The fourth-order valence-electron chi connectivity index (χ4n) is 2.11. The lowest BCUT2D eigenvalue weighted by Gasteiger charge is -2.11. The number of aromatic nitrogens is 1. The van der Waals surface area contributed by atoms with Crippen LogP contribution in [0.3, 0.4) is 0 Å². The lowest BCUT2D eigenvalue weighted by atomic mass is 10.2. The summed E-state index contributed by atoms with van der Waals surface area (Å²) in [6.07, 6.45) is 0. The van der Waals surface area contributed by atoms with Gasteiger partial charge < -0.3 is 0 Å². The highest BCUT2D eigenvalue weighted by atomic mass is 32.2. The molecule has 2 aromatic carbocycles.